The maximum Gasteiger partial charge on any atom is 0.257 e. The van der Waals surface area contributed by atoms with Crippen LogP contribution < -0.4 is 5.32 Å². The van der Waals surface area contributed by atoms with E-state index in [-0.39, 0.29) is 11.3 Å². The van der Waals surface area contributed by atoms with Crippen molar-refractivity contribution in [2.45, 2.75) is 39.0 Å². The first-order chi connectivity index (χ1) is 15.7. The van der Waals surface area contributed by atoms with Crippen molar-refractivity contribution in [1.82, 2.24) is 19.8 Å². The number of carbonyl (C=O) groups excluding carboxylic acids is 1. The molecule has 0 saturated carbocycles. The van der Waals surface area contributed by atoms with Gasteiger partial charge in [-0.2, -0.15) is 0 Å². The largest absolute Gasteiger partial charge is 0.384 e. The van der Waals surface area contributed by atoms with Crippen molar-refractivity contribution in [3.8, 4) is 0 Å². The third-order valence-electron chi connectivity index (χ3n) is 7.21. The highest BCUT2D eigenvalue weighted by molar-refractivity contribution is 14.1. The summed E-state index contributed by atoms with van der Waals surface area (Å²) in [5.74, 6) is 1.22. The summed E-state index contributed by atoms with van der Waals surface area (Å²) >= 11 is 2.43. The van der Waals surface area contributed by atoms with Crippen molar-refractivity contribution in [3.05, 3.63) is 52.6 Å². The number of nitrogens with zero attached hydrogens (tertiary/aromatic N) is 4. The lowest BCUT2D eigenvalue weighted by Crippen LogP contribution is -2.39. The molecule has 2 aliphatic heterocycles. The number of alkyl halides is 1. The maximum atomic E-state index is 13.1. The Bertz CT molecular complexity index is 989. The molecule has 3 heterocycles. The fraction of sp³-hybridized carbons (Fsp3) is 0.577. The monoisotopic (exact) mass is 561 g/mol. The Kier molecular flexibility index (Phi) is 7.29. The zero-order valence-electron chi connectivity index (χ0n) is 20.5. The number of carbonyl (C=O) groups is 1. The zero-order valence-corrected chi connectivity index (χ0v) is 22.6. The molecule has 33 heavy (non-hydrogen) atoms. The highest BCUT2D eigenvalue weighted by Gasteiger charge is 2.43. The summed E-state index contributed by atoms with van der Waals surface area (Å²) in [4.78, 5) is 26.2. The Hall–Kier alpha value is -1.74. The van der Waals surface area contributed by atoms with Crippen LogP contribution in [0.2, 0.25) is 0 Å². The van der Waals surface area contributed by atoms with Crippen LogP contribution in [-0.4, -0.2) is 64.9 Å². The van der Waals surface area contributed by atoms with Gasteiger partial charge in [0, 0.05) is 49.4 Å². The van der Waals surface area contributed by atoms with Gasteiger partial charge in [0.05, 0.1) is 17.0 Å². The average molecular weight is 562 g/mol. The smallest absolute Gasteiger partial charge is 0.257 e. The minimum atomic E-state index is 0.0973. The summed E-state index contributed by atoms with van der Waals surface area (Å²) in [5, 5.41) is 3.67. The molecule has 7 heteroatoms. The predicted molar refractivity (Wildman–Crippen MR) is 142 cm³/mol. The van der Waals surface area contributed by atoms with E-state index in [1.807, 2.05) is 18.7 Å². The molecule has 2 saturated heterocycles. The Morgan fingerprint density at radius 2 is 1.73 bits per heavy atom. The molecule has 0 bridgehead atoms. The van der Waals surface area contributed by atoms with Crippen molar-refractivity contribution in [2.75, 3.05) is 44.6 Å². The van der Waals surface area contributed by atoms with Crippen LogP contribution in [0.25, 0.3) is 0 Å². The minimum Gasteiger partial charge on any atom is -0.384 e. The van der Waals surface area contributed by atoms with Crippen LogP contribution >= 0.6 is 22.6 Å². The Morgan fingerprint density at radius 1 is 1.09 bits per heavy atom. The number of halogens is 1. The first kappa shape index (κ1) is 24.4. The Balaban J connectivity index is 1.30. The predicted octanol–water partition coefficient (Wildman–Crippen LogP) is 4.48. The van der Waals surface area contributed by atoms with Crippen LogP contribution in [0.5, 0.6) is 0 Å². The van der Waals surface area contributed by atoms with Gasteiger partial charge in [-0.3, -0.25) is 4.79 Å². The van der Waals surface area contributed by atoms with Crippen LogP contribution in [0.4, 0.5) is 5.69 Å². The lowest BCUT2D eigenvalue weighted by atomic mass is 9.92. The molecule has 2 fully saturated rings. The van der Waals surface area contributed by atoms with E-state index in [1.165, 1.54) is 23.1 Å². The van der Waals surface area contributed by atoms with Crippen molar-refractivity contribution in [2.24, 2.45) is 17.3 Å². The molecule has 2 aliphatic rings. The second kappa shape index (κ2) is 9.86. The number of rotatable bonds is 7. The number of nitrogens with one attached hydrogen (secondary N) is 1. The van der Waals surface area contributed by atoms with Gasteiger partial charge in [-0.15, -0.1) is 0 Å². The molecule has 1 N–H and O–H groups in total. The third kappa shape index (κ3) is 5.50. The molecule has 1 amide bonds. The molecule has 178 valence electrons. The molecule has 4 rings (SSSR count). The van der Waals surface area contributed by atoms with E-state index in [0.717, 1.165) is 55.1 Å². The van der Waals surface area contributed by atoms with Crippen molar-refractivity contribution in [3.63, 3.8) is 0 Å². The van der Waals surface area contributed by atoms with Crippen LogP contribution in [0.3, 0.4) is 0 Å². The van der Waals surface area contributed by atoms with Gasteiger partial charge < -0.3 is 15.1 Å². The Morgan fingerprint density at radius 3 is 2.33 bits per heavy atom. The molecule has 0 aliphatic carbocycles. The standard InChI is InChI=1S/C26H36IN5O/c1-17-6-7-23(8-20(17)9-27)28-14-26(4,5)15-31-10-21-12-32(13-22(21)11-31)25(33)24-18(2)29-16-30-19(24)3/h6-8,16,21-22,28H,9-15H2,1-5H3. The Labute approximate surface area is 211 Å². The number of benzene rings is 1. The summed E-state index contributed by atoms with van der Waals surface area (Å²) in [6, 6.07) is 6.68. The van der Waals surface area contributed by atoms with E-state index in [1.54, 1.807) is 0 Å². The first-order valence-electron chi connectivity index (χ1n) is 11.9. The molecule has 1 aromatic heterocycles. The van der Waals surface area contributed by atoms with Crippen molar-refractivity contribution in [1.29, 1.82) is 0 Å². The quantitative estimate of drug-likeness (QED) is 0.399. The zero-order chi connectivity index (χ0) is 23.8. The first-order valence-corrected chi connectivity index (χ1v) is 13.4. The van der Waals surface area contributed by atoms with Crippen LogP contribution in [0.1, 0.15) is 46.7 Å². The fourth-order valence-electron chi connectivity index (χ4n) is 5.37. The van der Waals surface area contributed by atoms with E-state index >= 15 is 0 Å². The second-order valence-electron chi connectivity index (χ2n) is 10.6. The molecule has 0 spiro atoms. The number of amides is 1. The normalized spacial score (nSPS) is 20.8. The highest BCUT2D eigenvalue weighted by atomic mass is 127. The average Bonchev–Trinajstić information content (AvgIpc) is 3.31. The molecule has 2 atom stereocenters. The lowest BCUT2D eigenvalue weighted by molar-refractivity contribution is 0.0767. The van der Waals surface area contributed by atoms with E-state index in [0.29, 0.717) is 17.4 Å². The number of likely N-dealkylation sites (tertiary alicyclic amines) is 2. The number of fused-ring (bicyclic) bond motifs is 1. The molecular formula is C26H36IN5O. The minimum absolute atomic E-state index is 0.0973. The van der Waals surface area contributed by atoms with Gasteiger partial charge in [0.15, 0.2) is 0 Å². The van der Waals surface area contributed by atoms with Crippen LogP contribution in [0.15, 0.2) is 24.5 Å². The molecule has 0 radical (unpaired) electrons. The van der Waals surface area contributed by atoms with Gasteiger partial charge in [0.1, 0.15) is 6.33 Å². The van der Waals surface area contributed by atoms with Crippen LogP contribution in [0, 0.1) is 38.0 Å². The highest BCUT2D eigenvalue weighted by Crippen LogP contribution is 2.34. The topological polar surface area (TPSA) is 61.4 Å². The van der Waals surface area contributed by atoms with Gasteiger partial charge in [0.25, 0.3) is 5.91 Å². The number of aryl methyl sites for hydroxylation is 3. The van der Waals surface area contributed by atoms with Gasteiger partial charge in [-0.1, -0.05) is 42.5 Å². The molecule has 6 nitrogen and oxygen atoms in total. The van der Waals surface area contributed by atoms with Gasteiger partial charge in [0.2, 0.25) is 0 Å². The summed E-state index contributed by atoms with van der Waals surface area (Å²) in [6.07, 6.45) is 1.54. The molecule has 2 unspecified atom stereocenters. The molecule has 1 aromatic carbocycles. The van der Waals surface area contributed by atoms with E-state index in [2.05, 4.69) is 81.7 Å². The van der Waals surface area contributed by atoms with Gasteiger partial charge in [-0.05, 0) is 61.3 Å². The SMILES string of the molecule is Cc1ccc(NCC(C)(C)CN2CC3CN(C(=O)c4c(C)ncnc4C)CC3C2)cc1CI. The van der Waals surface area contributed by atoms with Gasteiger partial charge in [-0.25, -0.2) is 9.97 Å². The third-order valence-corrected chi connectivity index (χ3v) is 8.03. The summed E-state index contributed by atoms with van der Waals surface area (Å²) < 4.78 is 1.04. The van der Waals surface area contributed by atoms with E-state index in [9.17, 15) is 4.79 Å². The number of aromatic nitrogens is 2. The van der Waals surface area contributed by atoms with Gasteiger partial charge >= 0.3 is 0 Å². The van der Waals surface area contributed by atoms with Crippen molar-refractivity contribution >= 4 is 34.2 Å². The molecular weight excluding hydrogens is 525 g/mol. The summed E-state index contributed by atoms with van der Waals surface area (Å²) in [5.41, 5.74) is 6.37. The number of hydrogen-bond donors (Lipinski definition) is 1. The lowest BCUT2D eigenvalue weighted by Gasteiger charge is -2.32. The maximum absolute atomic E-state index is 13.1. The summed E-state index contributed by atoms with van der Waals surface area (Å²) in [7, 11) is 0. The fourth-order valence-corrected chi connectivity index (χ4v) is 6.20. The van der Waals surface area contributed by atoms with Crippen LogP contribution in [-0.2, 0) is 4.43 Å². The number of anilines is 1. The second-order valence-corrected chi connectivity index (χ2v) is 11.4. The molecule has 2 aromatic rings. The summed E-state index contributed by atoms with van der Waals surface area (Å²) in [6.45, 7) is 16.5. The number of hydrogen-bond acceptors (Lipinski definition) is 5. The van der Waals surface area contributed by atoms with Crippen molar-refractivity contribution < 1.29 is 4.79 Å². The van der Waals surface area contributed by atoms with E-state index in [4.69, 9.17) is 0 Å². The van der Waals surface area contributed by atoms with E-state index < -0.39 is 0 Å².